The van der Waals surface area contributed by atoms with Gasteiger partial charge in [0.25, 0.3) is 0 Å². The Bertz CT molecular complexity index is 359. The Morgan fingerprint density at radius 2 is 2.05 bits per heavy atom. The molecule has 108 valence electrons. The van der Waals surface area contributed by atoms with E-state index in [1.807, 2.05) is 6.92 Å². The van der Waals surface area contributed by atoms with Gasteiger partial charge in [-0.3, -0.25) is 4.79 Å². The van der Waals surface area contributed by atoms with Gasteiger partial charge in [0, 0.05) is 12.6 Å². The first kappa shape index (κ1) is 15.3. The van der Waals surface area contributed by atoms with Gasteiger partial charge in [0.1, 0.15) is 6.04 Å². The second kappa shape index (κ2) is 6.96. The molecule has 19 heavy (non-hydrogen) atoms. The summed E-state index contributed by atoms with van der Waals surface area (Å²) in [6.45, 7) is 2.55. The maximum atomic E-state index is 12.1. The summed E-state index contributed by atoms with van der Waals surface area (Å²) in [4.78, 5) is 35.4. The van der Waals surface area contributed by atoms with Gasteiger partial charge in [0.05, 0.1) is 6.42 Å². The first-order chi connectivity index (χ1) is 8.91. The highest BCUT2D eigenvalue weighted by molar-refractivity contribution is 5.87. The van der Waals surface area contributed by atoms with E-state index >= 15 is 0 Å². The van der Waals surface area contributed by atoms with E-state index in [9.17, 15) is 14.4 Å². The lowest BCUT2D eigenvalue weighted by atomic mass is 10.1. The quantitative estimate of drug-likeness (QED) is 0.682. The molecule has 0 radical (unpaired) electrons. The number of carbonyl (C=O) groups excluding carboxylic acids is 2. The van der Waals surface area contributed by atoms with Gasteiger partial charge in [-0.25, -0.2) is 9.59 Å². The molecular weight excluding hydrogens is 250 g/mol. The zero-order valence-corrected chi connectivity index (χ0v) is 11.1. The molecule has 1 aliphatic rings. The number of amides is 3. The Kier molecular flexibility index (Phi) is 5.59. The summed E-state index contributed by atoms with van der Waals surface area (Å²) in [5.74, 6) is -2.01. The molecule has 2 atom stereocenters. The van der Waals surface area contributed by atoms with Crippen LogP contribution in [0.25, 0.3) is 0 Å². The number of aliphatic carboxylic acids is 1. The number of carboxylic acid groups (broad SMARTS) is 1. The molecule has 1 unspecified atom stereocenters. The molecule has 7 nitrogen and oxygen atoms in total. The summed E-state index contributed by atoms with van der Waals surface area (Å²) in [6, 6.07) is -1.63. The number of carbonyl (C=O) groups is 3. The van der Waals surface area contributed by atoms with Crippen molar-refractivity contribution in [3.8, 4) is 0 Å². The minimum absolute atomic E-state index is 0.0746. The number of primary amides is 1. The Balaban J connectivity index is 2.64. The van der Waals surface area contributed by atoms with Crippen LogP contribution in [0.5, 0.6) is 0 Å². The van der Waals surface area contributed by atoms with E-state index in [1.54, 1.807) is 4.90 Å². The Morgan fingerprint density at radius 3 is 2.63 bits per heavy atom. The van der Waals surface area contributed by atoms with Crippen LogP contribution in [0.2, 0.25) is 0 Å². The van der Waals surface area contributed by atoms with Crippen LogP contribution in [0, 0.1) is 0 Å². The molecular formula is C12H21N3O4. The fourth-order valence-corrected chi connectivity index (χ4v) is 2.21. The molecule has 1 saturated heterocycles. The summed E-state index contributed by atoms with van der Waals surface area (Å²) in [5, 5.41) is 11.3. The lowest BCUT2D eigenvalue weighted by Gasteiger charge is -2.28. The molecule has 1 aliphatic heterocycles. The van der Waals surface area contributed by atoms with Gasteiger partial charge < -0.3 is 21.1 Å². The van der Waals surface area contributed by atoms with Crippen LogP contribution in [0.4, 0.5) is 4.79 Å². The summed E-state index contributed by atoms with van der Waals surface area (Å²) in [5.41, 5.74) is 4.97. The van der Waals surface area contributed by atoms with Gasteiger partial charge >= 0.3 is 12.0 Å². The normalized spacial score (nSPS) is 21.3. The predicted octanol–water partition coefficient (Wildman–Crippen LogP) is 0.289. The van der Waals surface area contributed by atoms with Crippen molar-refractivity contribution in [3.63, 3.8) is 0 Å². The Labute approximate surface area is 112 Å². The highest BCUT2D eigenvalue weighted by Gasteiger charge is 2.27. The number of hydrogen-bond donors (Lipinski definition) is 3. The number of nitrogens with zero attached hydrogens (tertiary/aromatic N) is 1. The fraction of sp³-hybridized carbons (Fsp3) is 0.750. The number of nitrogens with one attached hydrogen (secondary N) is 1. The summed E-state index contributed by atoms with van der Waals surface area (Å²) in [7, 11) is 0. The van der Waals surface area contributed by atoms with Crippen LogP contribution in [0.15, 0.2) is 0 Å². The molecule has 0 aromatic carbocycles. The molecule has 7 heteroatoms. The van der Waals surface area contributed by atoms with E-state index < -0.39 is 30.4 Å². The standard InChI is InChI=1S/C12H21N3O4/c1-8-5-3-2-4-6-15(8)12(19)14-9(11(17)18)7-10(13)16/h8-9H,2-7H2,1H3,(H2,13,16)(H,14,19)(H,17,18)/t8?,9-/m0/s1. The van der Waals surface area contributed by atoms with Crippen LogP contribution >= 0.6 is 0 Å². The number of urea groups is 1. The second-order valence-electron chi connectivity index (χ2n) is 4.90. The van der Waals surface area contributed by atoms with E-state index in [4.69, 9.17) is 10.8 Å². The van der Waals surface area contributed by atoms with Crippen molar-refractivity contribution < 1.29 is 19.5 Å². The lowest BCUT2D eigenvalue weighted by molar-refractivity contribution is -0.141. The number of rotatable bonds is 4. The number of carboxylic acids is 1. The molecule has 1 fully saturated rings. The minimum atomic E-state index is -1.26. The Morgan fingerprint density at radius 1 is 1.37 bits per heavy atom. The van der Waals surface area contributed by atoms with E-state index in [0.717, 1.165) is 25.7 Å². The van der Waals surface area contributed by atoms with Crippen LogP contribution in [0.3, 0.4) is 0 Å². The number of hydrogen-bond acceptors (Lipinski definition) is 3. The van der Waals surface area contributed by atoms with Crippen LogP contribution in [0.1, 0.15) is 39.0 Å². The molecule has 1 rings (SSSR count). The van der Waals surface area contributed by atoms with Gasteiger partial charge in [-0.2, -0.15) is 0 Å². The van der Waals surface area contributed by atoms with Crippen molar-refractivity contribution in [3.05, 3.63) is 0 Å². The summed E-state index contributed by atoms with van der Waals surface area (Å²) >= 11 is 0. The zero-order valence-electron chi connectivity index (χ0n) is 11.1. The summed E-state index contributed by atoms with van der Waals surface area (Å²) < 4.78 is 0. The minimum Gasteiger partial charge on any atom is -0.480 e. The molecule has 0 spiro atoms. The maximum absolute atomic E-state index is 12.1. The van der Waals surface area contributed by atoms with Gasteiger partial charge in [-0.05, 0) is 19.8 Å². The molecule has 0 bridgehead atoms. The van der Waals surface area contributed by atoms with Gasteiger partial charge in [0.15, 0.2) is 0 Å². The number of nitrogens with two attached hydrogens (primary N) is 1. The van der Waals surface area contributed by atoms with E-state index in [-0.39, 0.29) is 6.04 Å². The van der Waals surface area contributed by atoms with Crippen molar-refractivity contribution >= 4 is 17.9 Å². The van der Waals surface area contributed by atoms with Crippen LogP contribution < -0.4 is 11.1 Å². The molecule has 0 aromatic heterocycles. The van der Waals surface area contributed by atoms with Gasteiger partial charge in [-0.15, -0.1) is 0 Å². The third kappa shape index (κ3) is 4.76. The van der Waals surface area contributed by atoms with Crippen LogP contribution in [-0.4, -0.2) is 46.5 Å². The SMILES string of the molecule is CC1CCCCCN1C(=O)N[C@@H](CC(N)=O)C(=O)O. The monoisotopic (exact) mass is 271 g/mol. The smallest absolute Gasteiger partial charge is 0.326 e. The average molecular weight is 271 g/mol. The summed E-state index contributed by atoms with van der Waals surface area (Å²) in [6.07, 6.45) is 3.54. The fourth-order valence-electron chi connectivity index (χ4n) is 2.21. The molecule has 0 aliphatic carbocycles. The maximum Gasteiger partial charge on any atom is 0.326 e. The number of likely N-dealkylation sites (tertiary alicyclic amines) is 1. The molecule has 3 amide bonds. The third-order valence-corrected chi connectivity index (χ3v) is 3.31. The highest BCUT2D eigenvalue weighted by atomic mass is 16.4. The van der Waals surface area contributed by atoms with Crippen molar-refractivity contribution in [2.45, 2.75) is 51.1 Å². The average Bonchev–Trinajstić information content (AvgIpc) is 2.52. The lowest BCUT2D eigenvalue weighted by Crippen LogP contribution is -2.51. The molecule has 1 heterocycles. The van der Waals surface area contributed by atoms with Crippen LogP contribution in [-0.2, 0) is 9.59 Å². The predicted molar refractivity (Wildman–Crippen MR) is 68.4 cm³/mol. The second-order valence-corrected chi connectivity index (χ2v) is 4.90. The zero-order chi connectivity index (χ0) is 14.4. The first-order valence-corrected chi connectivity index (χ1v) is 6.50. The van der Waals surface area contributed by atoms with Crippen molar-refractivity contribution in [2.24, 2.45) is 5.73 Å². The highest BCUT2D eigenvalue weighted by Crippen LogP contribution is 2.16. The topological polar surface area (TPSA) is 113 Å². The van der Waals surface area contributed by atoms with E-state index in [0.29, 0.717) is 6.54 Å². The van der Waals surface area contributed by atoms with Crippen molar-refractivity contribution in [1.29, 1.82) is 0 Å². The van der Waals surface area contributed by atoms with Crippen molar-refractivity contribution in [2.75, 3.05) is 6.54 Å². The Hall–Kier alpha value is -1.79. The van der Waals surface area contributed by atoms with E-state index in [2.05, 4.69) is 5.32 Å². The molecule has 0 saturated carbocycles. The van der Waals surface area contributed by atoms with Gasteiger partial charge in [0.2, 0.25) is 5.91 Å². The molecule has 0 aromatic rings. The molecule has 4 N–H and O–H groups in total. The largest absolute Gasteiger partial charge is 0.480 e. The van der Waals surface area contributed by atoms with Gasteiger partial charge in [-0.1, -0.05) is 12.8 Å². The van der Waals surface area contributed by atoms with Crippen molar-refractivity contribution in [1.82, 2.24) is 10.2 Å². The third-order valence-electron chi connectivity index (χ3n) is 3.31. The van der Waals surface area contributed by atoms with E-state index in [1.165, 1.54) is 0 Å². The first-order valence-electron chi connectivity index (χ1n) is 6.50.